The Morgan fingerprint density at radius 2 is 1.96 bits per heavy atom. The van der Waals surface area contributed by atoms with Crippen LogP contribution in [0, 0.1) is 28.6 Å². The number of carbonyl (C=O) groups excluding carboxylic acids is 1. The van der Waals surface area contributed by atoms with Gasteiger partial charge in [0.2, 0.25) is 0 Å². The first-order valence-corrected chi connectivity index (χ1v) is 14.0. The smallest absolute Gasteiger partial charge is 0.314 e. The number of carboxylic acids is 1. The number of halogens is 1. The molecule has 2 heterocycles. The van der Waals surface area contributed by atoms with Crippen LogP contribution < -0.4 is 0 Å². The largest absolute Gasteiger partial charge is 0.481 e. The zero-order chi connectivity index (χ0) is 19.7. The number of allylic oxidation sites excluding steroid dienone is 1. The highest BCUT2D eigenvalue weighted by Crippen LogP contribution is 2.67. The van der Waals surface area contributed by atoms with E-state index in [2.05, 4.69) is 67.9 Å². The second-order valence-electron chi connectivity index (χ2n) is 10.1. The van der Waals surface area contributed by atoms with Crippen LogP contribution in [0.5, 0.6) is 0 Å². The Hall–Kier alpha value is -0.633. The average Bonchev–Trinajstić information content (AvgIpc) is 2.46. The van der Waals surface area contributed by atoms with Crippen molar-refractivity contribution in [3.63, 3.8) is 0 Å². The summed E-state index contributed by atoms with van der Waals surface area (Å²) in [5, 5.41) is 10.3. The van der Waals surface area contributed by atoms with Crippen LogP contribution in [0.1, 0.15) is 33.6 Å². The number of hydrogen-bond acceptors (Lipinski definition) is 3. The Balaban J connectivity index is 2.20. The highest BCUT2D eigenvalue weighted by molar-refractivity contribution is 14.1. The molecule has 0 amide bonds. The quantitative estimate of drug-likeness (QED) is 0.352. The molecule has 2 aliphatic heterocycles. The molecule has 0 aromatic carbocycles. The van der Waals surface area contributed by atoms with Gasteiger partial charge in [0.1, 0.15) is 5.92 Å². The fourth-order valence-corrected chi connectivity index (χ4v) is 7.35. The number of aliphatic carboxylic acids is 1. The standard InChI is InChI=1S/C20H29IO4Si/c1-18(2)12-11-14(21)20(25-17(12)24)13(18)7-8-19(3,15(20)16(22)23)9-10-26(4,5)6/h9-13,15H,7-8H2,1-6H3,(H,22,23)/b10-9+/t12-,13+,15+,19+,20+/m1/s1. The lowest BCUT2D eigenvalue weighted by Gasteiger charge is -2.64. The molecule has 2 bridgehead atoms. The van der Waals surface area contributed by atoms with Crippen LogP contribution in [-0.4, -0.2) is 30.7 Å². The minimum Gasteiger partial charge on any atom is -0.481 e. The van der Waals surface area contributed by atoms with E-state index in [0.717, 1.165) is 16.4 Å². The molecule has 1 N–H and O–H groups in total. The molecule has 26 heavy (non-hydrogen) atoms. The van der Waals surface area contributed by atoms with Gasteiger partial charge in [-0.2, -0.15) is 0 Å². The predicted molar refractivity (Wildman–Crippen MR) is 113 cm³/mol. The molecule has 0 aromatic heterocycles. The van der Waals surface area contributed by atoms with E-state index in [9.17, 15) is 14.7 Å². The van der Waals surface area contributed by atoms with Crippen molar-refractivity contribution >= 4 is 42.6 Å². The zero-order valence-electron chi connectivity index (χ0n) is 16.4. The number of hydrogen-bond donors (Lipinski definition) is 1. The number of carbonyl (C=O) groups is 2. The van der Waals surface area contributed by atoms with Crippen LogP contribution >= 0.6 is 22.6 Å². The predicted octanol–water partition coefficient (Wildman–Crippen LogP) is 4.81. The Labute approximate surface area is 170 Å². The summed E-state index contributed by atoms with van der Waals surface area (Å²) in [4.78, 5) is 25.2. The summed E-state index contributed by atoms with van der Waals surface area (Å²) in [5.41, 5.74) is 0.366. The fourth-order valence-electron chi connectivity index (χ4n) is 5.31. The van der Waals surface area contributed by atoms with Gasteiger partial charge in [0.05, 0.1) is 14.0 Å². The lowest BCUT2D eigenvalue weighted by Crippen LogP contribution is -2.70. The summed E-state index contributed by atoms with van der Waals surface area (Å²) in [5.74, 6) is -2.16. The van der Waals surface area contributed by atoms with Gasteiger partial charge in [0.25, 0.3) is 0 Å². The molecule has 4 aliphatic rings. The van der Waals surface area contributed by atoms with Gasteiger partial charge < -0.3 is 9.84 Å². The van der Waals surface area contributed by atoms with E-state index in [1.165, 1.54) is 0 Å². The number of fused-ring (bicyclic) bond motifs is 1. The summed E-state index contributed by atoms with van der Waals surface area (Å²) in [6.07, 6.45) is 5.75. The Bertz CT molecular complexity index is 720. The number of esters is 1. The maximum Gasteiger partial charge on any atom is 0.314 e. The first kappa shape index (κ1) is 20.1. The first-order chi connectivity index (χ1) is 11.8. The Kier molecular flexibility index (Phi) is 4.59. The SMILES string of the molecule is CC1(C)[C@@H]2C=C(I)[C@]3(OC2=O)[C@@H](C(=O)O)[C@](C)(/C=C/[Si](C)(C)C)CC[C@@H]13. The van der Waals surface area contributed by atoms with Crippen LogP contribution in [0.2, 0.25) is 19.6 Å². The molecular weight excluding hydrogens is 459 g/mol. The normalized spacial score (nSPS) is 41.6. The van der Waals surface area contributed by atoms with Gasteiger partial charge in [-0.05, 0) is 40.8 Å². The minimum absolute atomic E-state index is 0.0315. The topological polar surface area (TPSA) is 63.6 Å². The summed E-state index contributed by atoms with van der Waals surface area (Å²) in [7, 11) is -1.48. The number of rotatable bonds is 3. The van der Waals surface area contributed by atoms with Gasteiger partial charge in [-0.3, -0.25) is 9.59 Å². The van der Waals surface area contributed by atoms with Crippen molar-refractivity contribution in [2.24, 2.45) is 28.6 Å². The molecule has 1 saturated carbocycles. The van der Waals surface area contributed by atoms with Crippen molar-refractivity contribution < 1.29 is 19.4 Å². The maximum absolute atomic E-state index is 12.7. The molecule has 4 rings (SSSR count). The van der Waals surface area contributed by atoms with Crippen molar-refractivity contribution in [3.8, 4) is 0 Å². The van der Waals surface area contributed by atoms with Gasteiger partial charge in [0, 0.05) is 14.9 Å². The molecule has 144 valence electrons. The highest BCUT2D eigenvalue weighted by atomic mass is 127. The van der Waals surface area contributed by atoms with Gasteiger partial charge >= 0.3 is 11.9 Å². The third-order valence-electron chi connectivity index (χ3n) is 6.70. The van der Waals surface area contributed by atoms with Gasteiger partial charge in [-0.15, -0.1) is 0 Å². The fraction of sp³-hybridized carbons (Fsp3) is 0.700. The summed E-state index contributed by atoms with van der Waals surface area (Å²) in [6.45, 7) is 12.9. The van der Waals surface area contributed by atoms with Gasteiger partial charge in [-0.25, -0.2) is 0 Å². The second-order valence-corrected chi connectivity index (χ2v) is 16.3. The van der Waals surface area contributed by atoms with E-state index in [-0.39, 0.29) is 23.2 Å². The van der Waals surface area contributed by atoms with Crippen molar-refractivity contribution in [3.05, 3.63) is 21.4 Å². The molecule has 2 fully saturated rings. The van der Waals surface area contributed by atoms with E-state index < -0.39 is 31.0 Å². The molecule has 0 radical (unpaired) electrons. The number of carboxylic acid groups (broad SMARTS) is 1. The Morgan fingerprint density at radius 3 is 2.50 bits per heavy atom. The molecule has 0 unspecified atom stereocenters. The first-order valence-electron chi connectivity index (χ1n) is 9.29. The molecule has 4 nitrogen and oxygen atoms in total. The number of ether oxygens (including phenoxy) is 1. The van der Waals surface area contributed by atoms with Crippen LogP contribution in [0.4, 0.5) is 0 Å². The Morgan fingerprint density at radius 1 is 1.35 bits per heavy atom. The van der Waals surface area contributed by atoms with Gasteiger partial charge in [0.15, 0.2) is 5.60 Å². The molecule has 2 aliphatic carbocycles. The van der Waals surface area contributed by atoms with Crippen molar-refractivity contribution in [2.45, 2.75) is 58.9 Å². The maximum atomic E-state index is 12.7. The monoisotopic (exact) mass is 488 g/mol. The molecule has 6 heteroatoms. The minimum atomic E-state index is -1.48. The average molecular weight is 488 g/mol. The van der Waals surface area contributed by atoms with Crippen molar-refractivity contribution in [1.82, 2.24) is 0 Å². The van der Waals surface area contributed by atoms with E-state index in [1.54, 1.807) is 0 Å². The van der Waals surface area contributed by atoms with E-state index in [1.807, 2.05) is 13.0 Å². The second kappa shape index (κ2) is 5.93. The molecule has 5 atom stereocenters. The lowest BCUT2D eigenvalue weighted by molar-refractivity contribution is -0.230. The van der Waals surface area contributed by atoms with Crippen molar-refractivity contribution in [1.29, 1.82) is 0 Å². The van der Waals surface area contributed by atoms with Gasteiger partial charge in [-0.1, -0.05) is 58.3 Å². The molecular formula is C20H29IO4Si. The van der Waals surface area contributed by atoms with Crippen LogP contribution in [-0.2, 0) is 14.3 Å². The van der Waals surface area contributed by atoms with Crippen LogP contribution in [0.25, 0.3) is 0 Å². The molecule has 0 aromatic rings. The third-order valence-corrected chi connectivity index (χ3v) is 9.07. The lowest BCUT2D eigenvalue weighted by atomic mass is 9.46. The molecule has 1 spiro atoms. The van der Waals surface area contributed by atoms with E-state index in [0.29, 0.717) is 0 Å². The van der Waals surface area contributed by atoms with Crippen molar-refractivity contribution in [2.75, 3.05) is 0 Å². The summed E-state index contributed by atoms with van der Waals surface area (Å²) in [6, 6.07) is 0. The van der Waals surface area contributed by atoms with E-state index >= 15 is 0 Å². The van der Waals surface area contributed by atoms with Crippen LogP contribution in [0.15, 0.2) is 21.4 Å². The molecule has 1 saturated heterocycles. The zero-order valence-corrected chi connectivity index (χ0v) is 19.6. The summed E-state index contributed by atoms with van der Waals surface area (Å²) >= 11 is 2.22. The van der Waals surface area contributed by atoms with E-state index in [4.69, 9.17) is 4.74 Å². The highest BCUT2D eigenvalue weighted by Gasteiger charge is 2.71. The third kappa shape index (κ3) is 2.74. The summed E-state index contributed by atoms with van der Waals surface area (Å²) < 4.78 is 6.90. The van der Waals surface area contributed by atoms with Crippen LogP contribution in [0.3, 0.4) is 0 Å².